The number of hydrogen-bond donors (Lipinski definition) is 2. The Hall–Kier alpha value is -3.65. The van der Waals surface area contributed by atoms with Gasteiger partial charge in [-0.15, -0.1) is 0 Å². The molecular formula is C29H31ClN6O2. The van der Waals surface area contributed by atoms with Crippen molar-refractivity contribution in [1.29, 1.82) is 0 Å². The maximum absolute atomic E-state index is 12.6. The highest BCUT2D eigenvalue weighted by Crippen LogP contribution is 2.32. The van der Waals surface area contributed by atoms with Crippen LogP contribution in [0.25, 0.3) is 27.9 Å². The molecule has 196 valence electrons. The van der Waals surface area contributed by atoms with Crippen molar-refractivity contribution >= 4 is 45.9 Å². The molecule has 2 fully saturated rings. The summed E-state index contributed by atoms with van der Waals surface area (Å²) in [6, 6.07) is 10.0. The molecule has 2 N–H and O–H groups in total. The number of rotatable bonds is 8. The van der Waals surface area contributed by atoms with Gasteiger partial charge in [-0.05, 0) is 74.9 Å². The van der Waals surface area contributed by atoms with Crippen LogP contribution in [0.3, 0.4) is 0 Å². The van der Waals surface area contributed by atoms with Crippen LogP contribution in [0.5, 0.6) is 0 Å². The number of amides is 2. The van der Waals surface area contributed by atoms with Gasteiger partial charge in [0.05, 0.1) is 33.5 Å². The molecule has 0 spiro atoms. The van der Waals surface area contributed by atoms with Gasteiger partial charge < -0.3 is 15.5 Å². The quantitative estimate of drug-likeness (QED) is 0.308. The van der Waals surface area contributed by atoms with Gasteiger partial charge in [0.2, 0.25) is 5.91 Å². The van der Waals surface area contributed by atoms with Crippen molar-refractivity contribution in [2.75, 3.05) is 25.0 Å². The zero-order valence-corrected chi connectivity index (χ0v) is 22.4. The second-order valence-corrected chi connectivity index (χ2v) is 10.8. The number of likely N-dealkylation sites (tertiary alicyclic amines) is 1. The van der Waals surface area contributed by atoms with E-state index in [0.29, 0.717) is 29.4 Å². The molecule has 2 aromatic heterocycles. The topological polar surface area (TPSA) is 91.6 Å². The molecule has 0 bridgehead atoms. The van der Waals surface area contributed by atoms with E-state index >= 15 is 0 Å². The Bertz CT molecular complexity index is 1570. The molecule has 9 heteroatoms. The Morgan fingerprint density at radius 1 is 1.16 bits per heavy atom. The van der Waals surface area contributed by atoms with Crippen molar-refractivity contribution in [2.24, 2.45) is 0 Å². The van der Waals surface area contributed by atoms with Gasteiger partial charge in [-0.2, -0.15) is 0 Å². The minimum Gasteiger partial charge on any atom is -0.367 e. The highest BCUT2D eigenvalue weighted by atomic mass is 35.5. The van der Waals surface area contributed by atoms with E-state index in [9.17, 15) is 9.59 Å². The van der Waals surface area contributed by atoms with Crippen LogP contribution in [0, 0.1) is 13.8 Å². The zero-order chi connectivity index (χ0) is 26.4. The number of fused-ring (bicyclic) bond motifs is 3. The number of hydrogen-bond acceptors (Lipinski definition) is 5. The molecule has 1 aliphatic heterocycles. The lowest BCUT2D eigenvalue weighted by Gasteiger charge is -2.16. The summed E-state index contributed by atoms with van der Waals surface area (Å²) in [5.41, 5.74) is 7.10. The van der Waals surface area contributed by atoms with Crippen LogP contribution in [-0.4, -0.2) is 56.8 Å². The zero-order valence-electron chi connectivity index (χ0n) is 21.7. The van der Waals surface area contributed by atoms with Crippen LogP contribution in [0.15, 0.2) is 36.5 Å². The molecule has 6 rings (SSSR count). The fraction of sp³-hybridized carbons (Fsp3) is 0.379. The standard InChI is InChI=1S/C29H31ClN6O2/c1-17-13-23-24(14-18(17)2)36-25(19-6-9-21(22(30)15-19)29(38)33-20-7-8-20)16-32-28(36)27(34-23)31-10-4-12-35-11-3-5-26(35)37/h6,9,13-16,20H,3-5,7-8,10-12H2,1-2H3,(H,31,34)(H,33,38). The Labute approximate surface area is 226 Å². The summed E-state index contributed by atoms with van der Waals surface area (Å²) < 4.78 is 2.11. The van der Waals surface area contributed by atoms with Crippen LogP contribution in [0.1, 0.15) is 53.6 Å². The summed E-state index contributed by atoms with van der Waals surface area (Å²) in [5, 5.41) is 6.88. The maximum Gasteiger partial charge on any atom is 0.253 e. The molecule has 2 amide bonds. The first kappa shape index (κ1) is 24.7. The first-order valence-corrected chi connectivity index (χ1v) is 13.7. The third-order valence-corrected chi connectivity index (χ3v) is 7.84. The molecule has 1 aliphatic carbocycles. The fourth-order valence-corrected chi connectivity index (χ4v) is 5.34. The molecule has 38 heavy (non-hydrogen) atoms. The van der Waals surface area contributed by atoms with Crippen molar-refractivity contribution in [1.82, 2.24) is 24.6 Å². The molecule has 4 aromatic rings. The van der Waals surface area contributed by atoms with Gasteiger partial charge in [-0.1, -0.05) is 17.7 Å². The maximum atomic E-state index is 12.6. The van der Waals surface area contributed by atoms with Crippen LogP contribution in [0.4, 0.5) is 5.82 Å². The summed E-state index contributed by atoms with van der Waals surface area (Å²) >= 11 is 6.60. The molecule has 2 aliphatic rings. The lowest BCUT2D eigenvalue weighted by molar-refractivity contribution is -0.127. The fourth-order valence-electron chi connectivity index (χ4n) is 5.08. The second-order valence-electron chi connectivity index (χ2n) is 10.4. The number of halogens is 1. The van der Waals surface area contributed by atoms with Crippen LogP contribution >= 0.6 is 11.6 Å². The summed E-state index contributed by atoms with van der Waals surface area (Å²) in [6.07, 6.45) is 6.32. The van der Waals surface area contributed by atoms with Gasteiger partial charge in [0.15, 0.2) is 11.5 Å². The minimum atomic E-state index is -0.134. The largest absolute Gasteiger partial charge is 0.367 e. The molecule has 8 nitrogen and oxygen atoms in total. The van der Waals surface area contributed by atoms with E-state index in [1.807, 2.05) is 23.2 Å². The minimum absolute atomic E-state index is 0.134. The monoisotopic (exact) mass is 530 g/mol. The van der Waals surface area contributed by atoms with Gasteiger partial charge in [0, 0.05) is 37.7 Å². The highest BCUT2D eigenvalue weighted by molar-refractivity contribution is 6.34. The number of imidazole rings is 1. The molecular weight excluding hydrogens is 500 g/mol. The Morgan fingerprint density at radius 2 is 1.97 bits per heavy atom. The molecule has 0 atom stereocenters. The van der Waals surface area contributed by atoms with Crippen LogP contribution in [0.2, 0.25) is 5.02 Å². The van der Waals surface area contributed by atoms with E-state index in [1.165, 1.54) is 11.1 Å². The predicted octanol–water partition coefficient (Wildman–Crippen LogP) is 5.14. The van der Waals surface area contributed by atoms with E-state index in [1.54, 1.807) is 6.07 Å². The van der Waals surface area contributed by atoms with Gasteiger partial charge in [0.1, 0.15) is 0 Å². The van der Waals surface area contributed by atoms with Gasteiger partial charge in [-0.3, -0.25) is 14.0 Å². The lowest BCUT2D eigenvalue weighted by Crippen LogP contribution is -2.27. The Morgan fingerprint density at radius 3 is 2.71 bits per heavy atom. The molecule has 3 heterocycles. The van der Waals surface area contributed by atoms with Crippen molar-refractivity contribution in [3.63, 3.8) is 0 Å². The van der Waals surface area contributed by atoms with Crippen LogP contribution in [-0.2, 0) is 4.79 Å². The summed E-state index contributed by atoms with van der Waals surface area (Å²) in [5.74, 6) is 0.811. The molecule has 0 unspecified atom stereocenters. The first-order chi connectivity index (χ1) is 18.4. The number of aryl methyl sites for hydroxylation is 2. The number of aromatic nitrogens is 3. The van der Waals surface area contributed by atoms with E-state index in [4.69, 9.17) is 21.6 Å². The lowest BCUT2D eigenvalue weighted by atomic mass is 10.1. The van der Waals surface area contributed by atoms with E-state index in [-0.39, 0.29) is 17.9 Å². The van der Waals surface area contributed by atoms with Crippen LogP contribution < -0.4 is 10.6 Å². The number of carbonyl (C=O) groups excluding carboxylic acids is 2. The van der Waals surface area contributed by atoms with Crippen molar-refractivity contribution in [3.05, 3.63) is 58.2 Å². The van der Waals surface area contributed by atoms with Crippen molar-refractivity contribution < 1.29 is 9.59 Å². The van der Waals surface area contributed by atoms with Gasteiger partial charge in [-0.25, -0.2) is 9.97 Å². The number of carbonyl (C=O) groups is 2. The molecule has 1 saturated heterocycles. The number of nitrogens with one attached hydrogen (secondary N) is 2. The van der Waals surface area contributed by atoms with Gasteiger partial charge in [0.25, 0.3) is 5.91 Å². The van der Waals surface area contributed by atoms with Gasteiger partial charge >= 0.3 is 0 Å². The molecule has 0 radical (unpaired) electrons. The first-order valence-electron chi connectivity index (χ1n) is 13.3. The molecule has 2 aromatic carbocycles. The van der Waals surface area contributed by atoms with E-state index in [0.717, 1.165) is 66.7 Å². The van der Waals surface area contributed by atoms with Crippen molar-refractivity contribution in [2.45, 2.75) is 52.0 Å². The molecule has 1 saturated carbocycles. The highest BCUT2D eigenvalue weighted by Gasteiger charge is 2.25. The Kier molecular flexibility index (Phi) is 6.43. The Balaban J connectivity index is 1.35. The number of nitrogens with zero attached hydrogens (tertiary/aromatic N) is 4. The SMILES string of the molecule is Cc1cc2nc(NCCCN3CCCC3=O)c3ncc(-c4ccc(C(=O)NC5CC5)c(Cl)c4)n3c2cc1C. The average Bonchev–Trinajstić information content (AvgIpc) is 3.43. The second kappa shape index (κ2) is 9.91. The summed E-state index contributed by atoms with van der Waals surface area (Å²) in [7, 11) is 0. The smallest absolute Gasteiger partial charge is 0.253 e. The summed E-state index contributed by atoms with van der Waals surface area (Å²) in [4.78, 5) is 36.1. The number of benzene rings is 2. The van der Waals surface area contributed by atoms with Crippen molar-refractivity contribution in [3.8, 4) is 11.3 Å². The van der Waals surface area contributed by atoms with E-state index < -0.39 is 0 Å². The normalized spacial score (nSPS) is 15.6. The summed E-state index contributed by atoms with van der Waals surface area (Å²) in [6.45, 7) is 6.45. The predicted molar refractivity (Wildman–Crippen MR) is 150 cm³/mol. The van der Waals surface area contributed by atoms with E-state index in [2.05, 4.69) is 41.0 Å². The third kappa shape index (κ3) is 4.69. The third-order valence-electron chi connectivity index (χ3n) is 7.53. The number of anilines is 1. The average molecular weight is 531 g/mol.